The van der Waals surface area contributed by atoms with Crippen molar-refractivity contribution in [3.8, 4) is 0 Å². The lowest BCUT2D eigenvalue weighted by Gasteiger charge is -2.40. The van der Waals surface area contributed by atoms with Crippen molar-refractivity contribution < 1.29 is 5.11 Å². The highest BCUT2D eigenvalue weighted by Crippen LogP contribution is 2.51. The number of hydrogen-bond acceptors (Lipinski definition) is 2. The van der Waals surface area contributed by atoms with Gasteiger partial charge in [0.15, 0.2) is 0 Å². The highest BCUT2D eigenvalue weighted by atomic mass is 16.3. The van der Waals surface area contributed by atoms with E-state index < -0.39 is 5.60 Å². The van der Waals surface area contributed by atoms with Gasteiger partial charge in [0.25, 0.3) is 0 Å². The van der Waals surface area contributed by atoms with E-state index in [0.717, 1.165) is 32.1 Å². The summed E-state index contributed by atoms with van der Waals surface area (Å²) in [4.78, 5) is 0. The second-order valence-electron chi connectivity index (χ2n) is 6.38. The van der Waals surface area contributed by atoms with Gasteiger partial charge in [-0.25, -0.2) is 0 Å². The molecule has 19 heavy (non-hydrogen) atoms. The Labute approximate surface area is 116 Å². The molecule has 3 unspecified atom stereocenters. The fourth-order valence-electron chi connectivity index (χ4n) is 4.57. The van der Waals surface area contributed by atoms with Crippen LogP contribution in [0.15, 0.2) is 24.3 Å². The van der Waals surface area contributed by atoms with Crippen molar-refractivity contribution in [3.05, 3.63) is 35.4 Å². The Hall–Kier alpha value is -0.860. The number of nitrogens with two attached hydrogens (primary N) is 1. The van der Waals surface area contributed by atoms with Gasteiger partial charge in [0, 0.05) is 5.92 Å². The summed E-state index contributed by atoms with van der Waals surface area (Å²) in [6.45, 7) is 2.77. The first-order chi connectivity index (χ1) is 9.20. The van der Waals surface area contributed by atoms with Crippen molar-refractivity contribution >= 4 is 0 Å². The largest absolute Gasteiger partial charge is 0.389 e. The Morgan fingerprint density at radius 1 is 1.21 bits per heavy atom. The van der Waals surface area contributed by atoms with E-state index in [4.69, 9.17) is 5.73 Å². The van der Waals surface area contributed by atoms with Crippen LogP contribution in [0, 0.1) is 17.8 Å². The first kappa shape index (κ1) is 13.1. The molecule has 2 aliphatic carbocycles. The average Bonchev–Trinajstić information content (AvgIpc) is 2.63. The van der Waals surface area contributed by atoms with Crippen LogP contribution in [0.1, 0.15) is 37.3 Å². The monoisotopic (exact) mass is 259 g/mol. The van der Waals surface area contributed by atoms with Crippen LogP contribution in [0.3, 0.4) is 0 Å². The molecule has 2 bridgehead atoms. The lowest BCUT2D eigenvalue weighted by atomic mass is 9.72. The van der Waals surface area contributed by atoms with Gasteiger partial charge in [-0.3, -0.25) is 0 Å². The summed E-state index contributed by atoms with van der Waals surface area (Å²) in [5, 5.41) is 11.4. The minimum absolute atomic E-state index is 0.249. The minimum atomic E-state index is -0.539. The van der Waals surface area contributed by atoms with Crippen molar-refractivity contribution in [1.82, 2.24) is 0 Å². The third kappa shape index (κ3) is 1.93. The molecule has 0 heterocycles. The van der Waals surface area contributed by atoms with Crippen molar-refractivity contribution in [2.75, 3.05) is 6.54 Å². The van der Waals surface area contributed by atoms with E-state index in [-0.39, 0.29) is 5.92 Å². The molecule has 3 rings (SSSR count). The lowest BCUT2D eigenvalue weighted by molar-refractivity contribution is -0.0823. The molecule has 0 spiro atoms. The Kier molecular flexibility index (Phi) is 3.40. The molecular formula is C17H25NO. The van der Waals surface area contributed by atoms with Gasteiger partial charge in [-0.1, -0.05) is 31.2 Å². The molecule has 0 amide bonds. The smallest absolute Gasteiger partial charge is 0.0750 e. The number of hydrogen-bond donors (Lipinski definition) is 2. The molecule has 1 fully saturated rings. The van der Waals surface area contributed by atoms with Crippen molar-refractivity contribution in [3.63, 3.8) is 0 Å². The van der Waals surface area contributed by atoms with Crippen LogP contribution in [0.4, 0.5) is 0 Å². The summed E-state index contributed by atoms with van der Waals surface area (Å²) in [5.74, 6) is 1.05. The molecule has 3 N–H and O–H groups in total. The second kappa shape index (κ2) is 4.92. The van der Waals surface area contributed by atoms with Crippen LogP contribution in [-0.4, -0.2) is 17.3 Å². The van der Waals surface area contributed by atoms with E-state index in [1.54, 1.807) is 0 Å². The van der Waals surface area contributed by atoms with Gasteiger partial charge in [-0.05, 0) is 61.6 Å². The van der Waals surface area contributed by atoms with Gasteiger partial charge in [0.05, 0.1) is 5.60 Å². The zero-order chi connectivity index (χ0) is 13.5. The van der Waals surface area contributed by atoms with Gasteiger partial charge in [0.1, 0.15) is 0 Å². The van der Waals surface area contributed by atoms with Crippen LogP contribution in [-0.2, 0) is 12.8 Å². The van der Waals surface area contributed by atoms with E-state index in [1.165, 1.54) is 11.1 Å². The molecule has 2 nitrogen and oxygen atoms in total. The molecule has 2 aliphatic rings. The summed E-state index contributed by atoms with van der Waals surface area (Å²) >= 11 is 0. The predicted octanol–water partition coefficient (Wildman–Crippen LogP) is 2.53. The van der Waals surface area contributed by atoms with E-state index in [0.29, 0.717) is 18.4 Å². The molecule has 2 heteroatoms. The summed E-state index contributed by atoms with van der Waals surface area (Å²) in [7, 11) is 0. The molecule has 1 saturated carbocycles. The molecule has 0 saturated heterocycles. The molecule has 3 atom stereocenters. The zero-order valence-corrected chi connectivity index (χ0v) is 11.8. The first-order valence-electron chi connectivity index (χ1n) is 7.69. The number of rotatable bonds is 3. The van der Waals surface area contributed by atoms with Gasteiger partial charge in [0.2, 0.25) is 0 Å². The van der Waals surface area contributed by atoms with Gasteiger partial charge < -0.3 is 10.8 Å². The summed E-state index contributed by atoms with van der Waals surface area (Å²) in [6.07, 6.45) is 5.35. The zero-order valence-electron chi connectivity index (χ0n) is 11.8. The summed E-state index contributed by atoms with van der Waals surface area (Å²) in [5.41, 5.74) is 8.30. The molecule has 104 valence electrons. The SMILES string of the molecule is CCC(CN)C1(O)C2CCC1Cc1ccccc1C2. The fourth-order valence-corrected chi connectivity index (χ4v) is 4.57. The molecule has 0 aromatic heterocycles. The average molecular weight is 259 g/mol. The van der Waals surface area contributed by atoms with Crippen molar-refractivity contribution in [2.45, 2.75) is 44.6 Å². The van der Waals surface area contributed by atoms with Crippen molar-refractivity contribution in [2.24, 2.45) is 23.5 Å². The third-order valence-corrected chi connectivity index (χ3v) is 5.65. The Morgan fingerprint density at radius 3 is 2.16 bits per heavy atom. The van der Waals surface area contributed by atoms with Gasteiger partial charge >= 0.3 is 0 Å². The summed E-state index contributed by atoms with van der Waals surface area (Å²) in [6, 6.07) is 8.72. The maximum atomic E-state index is 11.4. The lowest BCUT2D eigenvalue weighted by Crippen LogP contribution is -2.49. The van der Waals surface area contributed by atoms with Gasteiger partial charge in [-0.2, -0.15) is 0 Å². The Morgan fingerprint density at radius 2 is 1.74 bits per heavy atom. The van der Waals surface area contributed by atoms with Gasteiger partial charge in [-0.15, -0.1) is 0 Å². The minimum Gasteiger partial charge on any atom is -0.389 e. The maximum Gasteiger partial charge on any atom is 0.0750 e. The second-order valence-corrected chi connectivity index (χ2v) is 6.38. The van der Waals surface area contributed by atoms with Crippen molar-refractivity contribution in [1.29, 1.82) is 0 Å². The topological polar surface area (TPSA) is 46.2 Å². The highest BCUT2D eigenvalue weighted by molar-refractivity contribution is 5.32. The number of fused-ring (bicyclic) bond motifs is 3. The predicted molar refractivity (Wildman–Crippen MR) is 77.8 cm³/mol. The molecule has 1 aromatic carbocycles. The first-order valence-corrected chi connectivity index (χ1v) is 7.69. The van der Waals surface area contributed by atoms with Crippen LogP contribution in [0.25, 0.3) is 0 Å². The van der Waals surface area contributed by atoms with E-state index in [1.807, 2.05) is 0 Å². The number of benzene rings is 1. The highest BCUT2D eigenvalue weighted by Gasteiger charge is 2.53. The quantitative estimate of drug-likeness (QED) is 0.876. The Balaban J connectivity index is 1.99. The third-order valence-electron chi connectivity index (χ3n) is 5.65. The summed E-state index contributed by atoms with van der Waals surface area (Å²) < 4.78 is 0. The molecular weight excluding hydrogens is 234 g/mol. The van der Waals surface area contributed by atoms with Crippen LogP contribution in [0.5, 0.6) is 0 Å². The normalized spacial score (nSPS) is 34.7. The maximum absolute atomic E-state index is 11.4. The fraction of sp³-hybridized carbons (Fsp3) is 0.647. The Bertz CT molecular complexity index is 419. The van der Waals surface area contributed by atoms with Crippen LogP contribution >= 0.6 is 0 Å². The van der Waals surface area contributed by atoms with E-state index in [9.17, 15) is 5.11 Å². The molecule has 0 aliphatic heterocycles. The number of aliphatic hydroxyl groups is 1. The molecule has 1 aromatic rings. The standard InChI is InChI=1S/C17H25NO/c1-2-14(11-18)17(19)15-7-8-16(17)10-13-6-4-3-5-12(13)9-15/h3-6,14-16,19H,2,7-11,18H2,1H3. The van der Waals surface area contributed by atoms with E-state index >= 15 is 0 Å². The van der Waals surface area contributed by atoms with Crippen LogP contribution < -0.4 is 5.73 Å². The van der Waals surface area contributed by atoms with E-state index in [2.05, 4.69) is 31.2 Å². The van der Waals surface area contributed by atoms with Crippen LogP contribution in [0.2, 0.25) is 0 Å². The molecule has 0 radical (unpaired) electrons.